The largest absolute Gasteiger partial charge is 0.305 e. The lowest BCUT2D eigenvalue weighted by Gasteiger charge is -2.18. The number of nitrogens with zero attached hydrogens (tertiary/aromatic N) is 4. The van der Waals surface area contributed by atoms with Gasteiger partial charge in [-0.2, -0.15) is 0 Å². The number of carbonyl (C=O) groups is 1. The molecule has 3 aromatic rings. The molecule has 0 radical (unpaired) electrons. The highest BCUT2D eigenvalue weighted by Gasteiger charge is 2.16. The third-order valence-electron chi connectivity index (χ3n) is 4.16. The predicted molar refractivity (Wildman–Crippen MR) is 104 cm³/mol. The van der Waals surface area contributed by atoms with Gasteiger partial charge in [-0.25, -0.2) is 0 Å². The molecule has 2 heterocycles. The minimum absolute atomic E-state index is 0.0810. The number of hydrogen-bond donors (Lipinski definition) is 0. The number of ketones is 1. The van der Waals surface area contributed by atoms with E-state index in [4.69, 9.17) is 0 Å². The van der Waals surface area contributed by atoms with Gasteiger partial charge >= 0.3 is 0 Å². The Morgan fingerprint density at radius 2 is 1.85 bits per heavy atom. The second kappa shape index (κ2) is 7.41. The summed E-state index contributed by atoms with van der Waals surface area (Å²) in [6.45, 7) is 6.48. The van der Waals surface area contributed by atoms with E-state index in [9.17, 15) is 4.79 Å². The maximum atomic E-state index is 12.5. The van der Waals surface area contributed by atoms with Crippen molar-refractivity contribution in [3.63, 3.8) is 0 Å². The SMILES string of the molecule is Cn1c(SCC(=O)c2ccc(C(C)(C)C)cc2)nnc1-c1cccnc1. The van der Waals surface area contributed by atoms with Crippen molar-refractivity contribution in [3.05, 3.63) is 59.9 Å². The van der Waals surface area contributed by atoms with Crippen molar-refractivity contribution in [2.75, 3.05) is 5.75 Å². The molecule has 0 N–H and O–H groups in total. The molecule has 2 aromatic heterocycles. The Kier molecular flexibility index (Phi) is 5.23. The molecule has 5 nitrogen and oxygen atoms in total. The summed E-state index contributed by atoms with van der Waals surface area (Å²) in [7, 11) is 1.90. The lowest BCUT2D eigenvalue weighted by molar-refractivity contribution is 0.102. The van der Waals surface area contributed by atoms with Gasteiger partial charge in [0.1, 0.15) is 0 Å². The summed E-state index contributed by atoms with van der Waals surface area (Å²) in [5.41, 5.74) is 2.92. The van der Waals surface area contributed by atoms with Crippen LogP contribution in [0.4, 0.5) is 0 Å². The van der Waals surface area contributed by atoms with Crippen molar-refractivity contribution in [1.29, 1.82) is 0 Å². The van der Waals surface area contributed by atoms with Gasteiger partial charge in [-0.15, -0.1) is 10.2 Å². The zero-order valence-corrected chi connectivity index (χ0v) is 16.2. The smallest absolute Gasteiger partial charge is 0.191 e. The molecule has 0 spiro atoms. The van der Waals surface area contributed by atoms with Gasteiger partial charge in [0.25, 0.3) is 0 Å². The summed E-state index contributed by atoms with van der Waals surface area (Å²) >= 11 is 1.39. The van der Waals surface area contributed by atoms with Crippen LogP contribution in [0.1, 0.15) is 36.7 Å². The van der Waals surface area contributed by atoms with Gasteiger partial charge < -0.3 is 4.57 Å². The predicted octanol–water partition coefficient (Wildman–Crippen LogP) is 4.15. The van der Waals surface area contributed by atoms with Gasteiger partial charge in [0.2, 0.25) is 0 Å². The van der Waals surface area contributed by atoms with Crippen LogP contribution in [-0.2, 0) is 12.5 Å². The molecule has 26 heavy (non-hydrogen) atoms. The lowest BCUT2D eigenvalue weighted by atomic mass is 9.86. The van der Waals surface area contributed by atoms with Crippen LogP contribution in [0.25, 0.3) is 11.4 Å². The number of aromatic nitrogens is 4. The molecule has 0 saturated heterocycles. The van der Waals surface area contributed by atoms with E-state index in [2.05, 4.69) is 36.0 Å². The maximum Gasteiger partial charge on any atom is 0.191 e. The van der Waals surface area contributed by atoms with E-state index in [0.29, 0.717) is 10.9 Å². The molecule has 1 aromatic carbocycles. The standard InChI is InChI=1S/C20H22N4OS/c1-20(2,3)16-9-7-14(8-10-16)17(25)13-26-19-23-22-18(24(19)4)15-6-5-11-21-12-15/h5-12H,13H2,1-4H3. The second-order valence-electron chi connectivity index (χ2n) is 7.15. The number of benzene rings is 1. The average Bonchev–Trinajstić information content (AvgIpc) is 3.00. The van der Waals surface area contributed by atoms with Crippen molar-refractivity contribution >= 4 is 17.5 Å². The Morgan fingerprint density at radius 1 is 1.12 bits per heavy atom. The van der Waals surface area contributed by atoms with Crippen molar-refractivity contribution in [1.82, 2.24) is 19.7 Å². The van der Waals surface area contributed by atoms with E-state index in [0.717, 1.165) is 17.0 Å². The van der Waals surface area contributed by atoms with Gasteiger partial charge in [0.15, 0.2) is 16.8 Å². The van der Waals surface area contributed by atoms with Crippen molar-refractivity contribution in [2.24, 2.45) is 7.05 Å². The topological polar surface area (TPSA) is 60.7 Å². The third kappa shape index (κ3) is 4.02. The molecule has 0 aliphatic carbocycles. The highest BCUT2D eigenvalue weighted by molar-refractivity contribution is 7.99. The summed E-state index contributed by atoms with van der Waals surface area (Å²) in [6.07, 6.45) is 3.47. The molecule has 134 valence electrons. The van der Waals surface area contributed by atoms with Crippen LogP contribution in [-0.4, -0.2) is 31.3 Å². The second-order valence-corrected chi connectivity index (χ2v) is 8.09. The van der Waals surface area contributed by atoms with Crippen LogP contribution in [0, 0.1) is 0 Å². The van der Waals surface area contributed by atoms with Crippen LogP contribution in [0.15, 0.2) is 53.9 Å². The third-order valence-corrected chi connectivity index (χ3v) is 5.18. The van der Waals surface area contributed by atoms with Gasteiger partial charge in [-0.05, 0) is 23.1 Å². The average molecular weight is 366 g/mol. The Morgan fingerprint density at radius 3 is 2.46 bits per heavy atom. The van der Waals surface area contributed by atoms with E-state index >= 15 is 0 Å². The molecule has 0 atom stereocenters. The Balaban J connectivity index is 1.68. The van der Waals surface area contributed by atoms with Gasteiger partial charge in [-0.3, -0.25) is 9.78 Å². The monoisotopic (exact) mass is 366 g/mol. The minimum atomic E-state index is 0.0810. The number of Topliss-reactive ketones (excluding diaryl/α,β-unsaturated/α-hetero) is 1. The molecule has 0 aliphatic rings. The van der Waals surface area contributed by atoms with E-state index in [1.807, 2.05) is 48.0 Å². The number of thioether (sulfide) groups is 1. The fraction of sp³-hybridized carbons (Fsp3) is 0.300. The van der Waals surface area contributed by atoms with Crippen LogP contribution in [0.2, 0.25) is 0 Å². The van der Waals surface area contributed by atoms with Gasteiger partial charge in [0.05, 0.1) is 5.75 Å². The van der Waals surface area contributed by atoms with Crippen LogP contribution < -0.4 is 0 Å². The quantitative estimate of drug-likeness (QED) is 0.501. The van der Waals surface area contributed by atoms with Crippen LogP contribution >= 0.6 is 11.8 Å². The van der Waals surface area contributed by atoms with Crippen molar-refractivity contribution in [2.45, 2.75) is 31.3 Å². The van der Waals surface area contributed by atoms with Crippen LogP contribution in [0.5, 0.6) is 0 Å². The zero-order chi connectivity index (χ0) is 18.7. The molecular formula is C20H22N4OS. The Hall–Kier alpha value is -2.47. The molecule has 0 unspecified atom stereocenters. The number of pyridine rings is 1. The molecule has 3 rings (SSSR count). The highest BCUT2D eigenvalue weighted by Crippen LogP contribution is 2.24. The first-order valence-electron chi connectivity index (χ1n) is 8.42. The fourth-order valence-corrected chi connectivity index (χ4v) is 3.36. The lowest BCUT2D eigenvalue weighted by Crippen LogP contribution is -2.11. The zero-order valence-electron chi connectivity index (χ0n) is 15.4. The first kappa shape index (κ1) is 18.3. The molecular weight excluding hydrogens is 344 g/mol. The van der Waals surface area contributed by atoms with Crippen molar-refractivity contribution < 1.29 is 4.79 Å². The molecule has 6 heteroatoms. The molecule has 0 amide bonds. The summed E-state index contributed by atoms with van der Waals surface area (Å²) in [6, 6.07) is 11.7. The number of rotatable bonds is 5. The summed E-state index contributed by atoms with van der Waals surface area (Å²) in [5, 5.41) is 9.13. The highest BCUT2D eigenvalue weighted by atomic mass is 32.2. The van der Waals surface area contributed by atoms with Gasteiger partial charge in [0, 0.05) is 30.6 Å². The first-order chi connectivity index (χ1) is 12.4. The van der Waals surface area contributed by atoms with E-state index < -0.39 is 0 Å². The summed E-state index contributed by atoms with van der Waals surface area (Å²) in [4.78, 5) is 16.6. The summed E-state index contributed by atoms with van der Waals surface area (Å²) in [5.74, 6) is 1.15. The Labute approximate surface area is 157 Å². The Bertz CT molecular complexity index is 896. The fourth-order valence-electron chi connectivity index (χ4n) is 2.56. The number of carbonyl (C=O) groups excluding carboxylic acids is 1. The normalized spacial score (nSPS) is 11.5. The van der Waals surface area contributed by atoms with E-state index in [-0.39, 0.29) is 11.2 Å². The maximum absolute atomic E-state index is 12.5. The van der Waals surface area contributed by atoms with E-state index in [1.165, 1.54) is 17.3 Å². The summed E-state index contributed by atoms with van der Waals surface area (Å²) < 4.78 is 1.89. The molecule has 0 bridgehead atoms. The van der Waals surface area contributed by atoms with Crippen molar-refractivity contribution in [3.8, 4) is 11.4 Å². The van der Waals surface area contributed by atoms with Crippen LogP contribution in [0.3, 0.4) is 0 Å². The minimum Gasteiger partial charge on any atom is -0.305 e. The van der Waals surface area contributed by atoms with Gasteiger partial charge in [-0.1, -0.05) is 56.8 Å². The molecule has 0 fully saturated rings. The first-order valence-corrected chi connectivity index (χ1v) is 9.41. The number of hydrogen-bond acceptors (Lipinski definition) is 5. The van der Waals surface area contributed by atoms with E-state index in [1.54, 1.807) is 12.4 Å². The molecule has 0 aliphatic heterocycles. The molecule has 0 saturated carbocycles.